The van der Waals surface area contributed by atoms with Gasteiger partial charge in [-0.05, 0) is 104 Å². The number of hydrogen-bond acceptors (Lipinski definition) is 1. The first-order chi connectivity index (χ1) is 32.5. The van der Waals surface area contributed by atoms with Gasteiger partial charge in [0, 0.05) is 70.5 Å². The van der Waals surface area contributed by atoms with Crippen molar-refractivity contribution in [2.75, 3.05) is 0 Å². The Kier molecular flexibility index (Phi) is 6.94. The summed E-state index contributed by atoms with van der Waals surface area (Å²) in [7, 11) is 0. The van der Waals surface area contributed by atoms with Gasteiger partial charge >= 0.3 is 0 Å². The number of fused-ring (bicyclic) bond motifs is 20. The van der Waals surface area contributed by atoms with Crippen molar-refractivity contribution in [3.63, 3.8) is 0 Å². The third-order valence-electron chi connectivity index (χ3n) is 15.4. The second kappa shape index (κ2) is 12.5. The first kappa shape index (κ1) is 37.3. The highest BCUT2D eigenvalue weighted by Gasteiger charge is 2.30. The number of aromatic nitrogens is 4. The summed E-state index contributed by atoms with van der Waals surface area (Å²) in [6.07, 6.45) is 2.19. The molecule has 6 aromatic heterocycles. The van der Waals surface area contributed by atoms with Crippen molar-refractivity contribution in [1.82, 2.24) is 18.4 Å². The molecular weight excluding hydrogens is 813 g/mol. The van der Waals surface area contributed by atoms with Crippen LogP contribution in [0.3, 0.4) is 0 Å². The second-order valence-corrected chi connectivity index (χ2v) is 21.2. The molecule has 67 heavy (non-hydrogen) atoms. The largest absolute Gasteiger partial charge is 0.309 e. The van der Waals surface area contributed by atoms with Gasteiger partial charge in [-0.2, -0.15) is 0 Å². The molecule has 9 aromatic carbocycles. The lowest BCUT2D eigenvalue weighted by Crippen LogP contribution is -2.11. The van der Waals surface area contributed by atoms with Crippen LogP contribution in [0.5, 0.6) is 0 Å². The Bertz CT molecular complexity index is 4620. The zero-order chi connectivity index (χ0) is 44.8. The second-order valence-electron chi connectivity index (χ2n) is 21.2. The number of pyridine rings is 1. The van der Waals surface area contributed by atoms with E-state index in [4.69, 9.17) is 4.98 Å². The fourth-order valence-corrected chi connectivity index (χ4v) is 12.2. The van der Waals surface area contributed by atoms with E-state index in [1.165, 1.54) is 136 Å². The molecule has 0 fully saturated rings. The predicted octanol–water partition coefficient (Wildman–Crippen LogP) is 17.0. The summed E-state index contributed by atoms with van der Waals surface area (Å²) in [5, 5.41) is 17.7. The van der Waals surface area contributed by atoms with Crippen LogP contribution in [-0.2, 0) is 10.8 Å². The van der Waals surface area contributed by atoms with E-state index >= 15 is 0 Å². The minimum Gasteiger partial charge on any atom is -0.309 e. The van der Waals surface area contributed by atoms with Gasteiger partial charge in [0.15, 0.2) is 0 Å². The average Bonchev–Trinajstić information content (AvgIpc) is 4.13. The molecular formula is C63H46N4. The van der Waals surface area contributed by atoms with Gasteiger partial charge in [0.1, 0.15) is 5.65 Å². The summed E-state index contributed by atoms with van der Waals surface area (Å²) in [5.74, 6) is 0. The molecule has 0 aliphatic rings. The van der Waals surface area contributed by atoms with Gasteiger partial charge in [-0.3, -0.25) is 4.40 Å². The van der Waals surface area contributed by atoms with Gasteiger partial charge in [-0.15, -0.1) is 0 Å². The normalized spacial score (nSPS) is 13.2. The van der Waals surface area contributed by atoms with E-state index in [0.29, 0.717) is 0 Å². The minimum absolute atomic E-state index is 0.0630. The zero-order valence-corrected chi connectivity index (χ0v) is 38.5. The highest BCUT2D eigenvalue weighted by molar-refractivity contribution is 6.40. The van der Waals surface area contributed by atoms with Crippen molar-refractivity contribution in [2.45, 2.75) is 52.4 Å². The molecule has 0 amide bonds. The molecule has 0 saturated carbocycles. The van der Waals surface area contributed by atoms with E-state index in [1.54, 1.807) is 0 Å². The maximum Gasteiger partial charge on any atom is 0.146 e. The van der Waals surface area contributed by atoms with Crippen molar-refractivity contribution >= 4 is 120 Å². The average molecular weight is 859 g/mol. The van der Waals surface area contributed by atoms with Crippen LogP contribution < -0.4 is 0 Å². The molecule has 4 nitrogen and oxygen atoms in total. The molecule has 0 atom stereocenters. The molecule has 4 heteroatoms. The van der Waals surface area contributed by atoms with Crippen LogP contribution in [-0.4, -0.2) is 18.4 Å². The highest BCUT2D eigenvalue weighted by Crippen LogP contribution is 2.52. The SMILES string of the molecule is CC(C)(C)c1cc(-c2ccc3c(c2)c2ccccc2n3-c2ccccc2)c2c(c1)c1cc3ccccc3c3c4c5c6cc(C(C)(C)C)cc7c8ccc9ccccc9c8n(c5ncc4n2c13)c76. The van der Waals surface area contributed by atoms with Gasteiger partial charge in [0.2, 0.25) is 0 Å². The summed E-state index contributed by atoms with van der Waals surface area (Å²) in [4.78, 5) is 5.63. The van der Waals surface area contributed by atoms with Crippen LogP contribution in [0.15, 0.2) is 170 Å². The fourth-order valence-electron chi connectivity index (χ4n) is 12.2. The first-order valence-corrected chi connectivity index (χ1v) is 23.7. The van der Waals surface area contributed by atoms with Crippen molar-refractivity contribution in [2.24, 2.45) is 0 Å². The Morgan fingerprint density at radius 1 is 0.373 bits per heavy atom. The third kappa shape index (κ3) is 4.74. The Labute approximate surface area is 386 Å². The monoisotopic (exact) mass is 858 g/mol. The number of hydrogen-bond donors (Lipinski definition) is 0. The smallest absolute Gasteiger partial charge is 0.146 e. The molecule has 15 rings (SSSR count). The lowest BCUT2D eigenvalue weighted by molar-refractivity contribution is 0.591. The zero-order valence-electron chi connectivity index (χ0n) is 38.5. The summed E-state index contributed by atoms with van der Waals surface area (Å²) in [6.45, 7) is 14.1. The molecule has 0 saturated heterocycles. The van der Waals surface area contributed by atoms with E-state index in [0.717, 1.165) is 11.2 Å². The molecule has 0 spiro atoms. The van der Waals surface area contributed by atoms with Gasteiger partial charge in [-0.25, -0.2) is 4.98 Å². The quantitative estimate of drug-likeness (QED) is 0.170. The Morgan fingerprint density at radius 2 is 1.00 bits per heavy atom. The molecule has 0 aliphatic heterocycles. The van der Waals surface area contributed by atoms with Crippen LogP contribution in [0, 0.1) is 0 Å². The lowest BCUT2D eigenvalue weighted by atomic mass is 9.83. The highest BCUT2D eigenvalue weighted by atomic mass is 15.0. The summed E-state index contributed by atoms with van der Waals surface area (Å²) >= 11 is 0. The van der Waals surface area contributed by atoms with Gasteiger partial charge in [-0.1, -0.05) is 145 Å². The maximum absolute atomic E-state index is 5.63. The Morgan fingerprint density at radius 3 is 1.79 bits per heavy atom. The van der Waals surface area contributed by atoms with E-state index in [9.17, 15) is 0 Å². The van der Waals surface area contributed by atoms with E-state index in [-0.39, 0.29) is 10.8 Å². The molecule has 6 heterocycles. The van der Waals surface area contributed by atoms with E-state index in [1.807, 2.05) is 0 Å². The van der Waals surface area contributed by atoms with Crippen molar-refractivity contribution in [3.8, 4) is 16.8 Å². The number of benzene rings is 9. The summed E-state index contributed by atoms with van der Waals surface area (Å²) in [6, 6.07) is 61.7. The molecule has 0 unspecified atom stereocenters. The van der Waals surface area contributed by atoms with Crippen molar-refractivity contribution in [1.29, 1.82) is 0 Å². The van der Waals surface area contributed by atoms with Crippen molar-refractivity contribution < 1.29 is 0 Å². The number of nitrogens with zero attached hydrogens (tertiary/aromatic N) is 4. The van der Waals surface area contributed by atoms with Crippen LogP contribution in [0.2, 0.25) is 0 Å². The van der Waals surface area contributed by atoms with Crippen LogP contribution >= 0.6 is 0 Å². The Hall–Kier alpha value is -7.95. The topological polar surface area (TPSA) is 26.6 Å². The minimum atomic E-state index is -0.0846. The number of para-hydroxylation sites is 2. The van der Waals surface area contributed by atoms with E-state index in [2.05, 4.69) is 225 Å². The first-order valence-electron chi connectivity index (χ1n) is 23.7. The molecule has 0 aliphatic carbocycles. The molecule has 15 aromatic rings. The van der Waals surface area contributed by atoms with Crippen LogP contribution in [0.1, 0.15) is 52.7 Å². The summed E-state index contributed by atoms with van der Waals surface area (Å²) in [5.41, 5.74) is 15.7. The third-order valence-corrected chi connectivity index (χ3v) is 15.4. The van der Waals surface area contributed by atoms with Crippen LogP contribution in [0.25, 0.3) is 136 Å². The predicted molar refractivity (Wildman–Crippen MR) is 286 cm³/mol. The number of rotatable bonds is 2. The van der Waals surface area contributed by atoms with Crippen LogP contribution in [0.4, 0.5) is 0 Å². The molecule has 318 valence electrons. The Balaban J connectivity index is 1.15. The van der Waals surface area contributed by atoms with Gasteiger partial charge < -0.3 is 8.97 Å². The fraction of sp³-hybridized carbons (Fsp3) is 0.127. The van der Waals surface area contributed by atoms with E-state index < -0.39 is 0 Å². The lowest BCUT2D eigenvalue weighted by Gasteiger charge is -2.21. The standard InChI is InChI=1S/C63H46N4/c1-62(2,3)38-30-45(37-25-27-52-46(28-37)43-22-14-15-23-51(43)65(52)40-18-8-7-9-19-40)58-49(32-38)47-29-36-17-11-12-20-41(36)54-56-53(66(58)60(47)54)34-64-61-55(56)50-33-39(63(4,5)6)31-48-44-26-24-35-16-10-13-21-42(35)57(44)67(61)59(48)50/h7-34H,1-6H3. The molecule has 0 bridgehead atoms. The molecule has 0 N–H and O–H groups in total. The van der Waals surface area contributed by atoms with Gasteiger partial charge in [0.05, 0.1) is 44.8 Å². The van der Waals surface area contributed by atoms with Gasteiger partial charge in [0.25, 0.3) is 0 Å². The van der Waals surface area contributed by atoms with Crippen molar-refractivity contribution in [3.05, 3.63) is 181 Å². The maximum atomic E-state index is 5.63. The molecule has 0 radical (unpaired) electrons. The summed E-state index contributed by atoms with van der Waals surface area (Å²) < 4.78 is 7.51.